The summed E-state index contributed by atoms with van der Waals surface area (Å²) in [5.74, 6) is -1.60. The fourth-order valence-corrected chi connectivity index (χ4v) is 4.59. The van der Waals surface area contributed by atoms with Crippen molar-refractivity contribution in [3.8, 4) is 0 Å². The molecule has 0 atom stereocenters. The number of piperidine rings is 1. The van der Waals surface area contributed by atoms with Gasteiger partial charge in [-0.25, -0.2) is 13.2 Å². The maximum atomic E-state index is 12.8. The van der Waals surface area contributed by atoms with Crippen LogP contribution in [-0.2, 0) is 19.6 Å². The molecule has 1 amide bonds. The van der Waals surface area contributed by atoms with Gasteiger partial charge in [0.05, 0.1) is 10.5 Å². The van der Waals surface area contributed by atoms with Crippen molar-refractivity contribution < 1.29 is 27.9 Å². The third-order valence-corrected chi connectivity index (χ3v) is 6.34. The van der Waals surface area contributed by atoms with Gasteiger partial charge in [0.15, 0.2) is 0 Å². The summed E-state index contributed by atoms with van der Waals surface area (Å²) < 4.78 is 31.7. The van der Waals surface area contributed by atoms with Crippen LogP contribution in [0.3, 0.4) is 0 Å². The standard InChI is InChI=1S/C17H24N2O6S/c1-25-12-4-9-18-16(20)13-7-10-19(11-8-13)26(23,24)15-6-3-2-5-14(15)17(21)22/h2-3,5-6,13H,4,7-12H2,1H3,(H,18,20)(H,21,22). The predicted octanol–water partition coefficient (Wildman–Crippen LogP) is 0.938. The molecule has 1 aromatic rings. The van der Waals surface area contributed by atoms with Crippen molar-refractivity contribution in [1.82, 2.24) is 9.62 Å². The summed E-state index contributed by atoms with van der Waals surface area (Å²) in [7, 11) is -2.31. The highest BCUT2D eigenvalue weighted by atomic mass is 32.2. The van der Waals surface area contributed by atoms with Gasteiger partial charge in [-0.3, -0.25) is 4.79 Å². The SMILES string of the molecule is COCCCNC(=O)C1CCN(S(=O)(=O)c2ccccc2C(=O)O)CC1. The second-order valence-electron chi connectivity index (χ2n) is 6.12. The molecule has 1 aromatic carbocycles. The van der Waals surface area contributed by atoms with E-state index in [9.17, 15) is 23.1 Å². The Morgan fingerprint density at radius 3 is 2.54 bits per heavy atom. The predicted molar refractivity (Wildman–Crippen MR) is 94.4 cm³/mol. The number of carbonyl (C=O) groups is 2. The third-order valence-electron chi connectivity index (χ3n) is 4.38. The van der Waals surface area contributed by atoms with Crippen LogP contribution >= 0.6 is 0 Å². The van der Waals surface area contributed by atoms with E-state index >= 15 is 0 Å². The Bertz CT molecular complexity index is 741. The Hall–Kier alpha value is -1.97. The number of benzene rings is 1. The molecule has 1 heterocycles. The number of amides is 1. The fourth-order valence-electron chi connectivity index (χ4n) is 2.94. The van der Waals surface area contributed by atoms with Crippen LogP contribution in [0.4, 0.5) is 0 Å². The fraction of sp³-hybridized carbons (Fsp3) is 0.529. The lowest BCUT2D eigenvalue weighted by molar-refractivity contribution is -0.126. The molecule has 0 unspecified atom stereocenters. The monoisotopic (exact) mass is 384 g/mol. The van der Waals surface area contributed by atoms with Gasteiger partial charge in [-0.05, 0) is 31.4 Å². The molecule has 9 heteroatoms. The van der Waals surface area contributed by atoms with Gasteiger partial charge in [-0.1, -0.05) is 12.1 Å². The normalized spacial score (nSPS) is 16.3. The van der Waals surface area contributed by atoms with Crippen molar-refractivity contribution in [2.75, 3.05) is 33.4 Å². The smallest absolute Gasteiger partial charge is 0.337 e. The molecule has 2 rings (SSSR count). The van der Waals surface area contributed by atoms with Gasteiger partial charge in [-0.2, -0.15) is 4.31 Å². The summed E-state index contributed by atoms with van der Waals surface area (Å²) in [6.45, 7) is 1.47. The largest absolute Gasteiger partial charge is 0.478 e. The van der Waals surface area contributed by atoms with Crippen LogP contribution in [0, 0.1) is 5.92 Å². The van der Waals surface area contributed by atoms with Crippen molar-refractivity contribution in [3.05, 3.63) is 29.8 Å². The number of hydrogen-bond acceptors (Lipinski definition) is 5. The topological polar surface area (TPSA) is 113 Å². The Morgan fingerprint density at radius 1 is 1.27 bits per heavy atom. The van der Waals surface area contributed by atoms with Gasteiger partial charge >= 0.3 is 5.97 Å². The van der Waals surface area contributed by atoms with E-state index in [4.69, 9.17) is 4.74 Å². The Kier molecular flexibility index (Phi) is 7.13. The average Bonchev–Trinajstić information content (AvgIpc) is 2.65. The van der Waals surface area contributed by atoms with E-state index < -0.39 is 16.0 Å². The van der Waals surface area contributed by atoms with Gasteiger partial charge in [0.1, 0.15) is 0 Å². The molecule has 0 radical (unpaired) electrons. The summed E-state index contributed by atoms with van der Waals surface area (Å²) in [5.41, 5.74) is -0.245. The minimum atomic E-state index is -3.91. The number of aromatic carboxylic acids is 1. The first-order chi connectivity index (χ1) is 12.4. The second kappa shape index (κ2) is 9.11. The Labute approximate surface area is 153 Å². The van der Waals surface area contributed by atoms with E-state index in [1.807, 2.05) is 0 Å². The molecule has 0 aromatic heterocycles. The molecule has 1 aliphatic heterocycles. The number of carboxylic acid groups (broad SMARTS) is 1. The van der Waals surface area contributed by atoms with Crippen molar-refractivity contribution in [2.24, 2.45) is 5.92 Å². The minimum Gasteiger partial charge on any atom is -0.478 e. The highest BCUT2D eigenvalue weighted by Crippen LogP contribution is 2.26. The van der Waals surface area contributed by atoms with Crippen LogP contribution in [0.1, 0.15) is 29.6 Å². The molecule has 144 valence electrons. The van der Waals surface area contributed by atoms with Crippen LogP contribution < -0.4 is 5.32 Å². The number of ether oxygens (including phenoxy) is 1. The summed E-state index contributed by atoms with van der Waals surface area (Å²) >= 11 is 0. The number of sulfonamides is 1. The number of rotatable bonds is 8. The van der Waals surface area contributed by atoms with E-state index in [-0.39, 0.29) is 35.4 Å². The summed E-state index contributed by atoms with van der Waals surface area (Å²) in [4.78, 5) is 23.2. The first kappa shape index (κ1) is 20.3. The molecule has 1 fully saturated rings. The highest BCUT2D eigenvalue weighted by molar-refractivity contribution is 7.89. The molecule has 8 nitrogen and oxygen atoms in total. The molecule has 1 aliphatic rings. The van der Waals surface area contributed by atoms with Gasteiger partial charge in [0.2, 0.25) is 15.9 Å². The lowest BCUT2D eigenvalue weighted by Gasteiger charge is -2.30. The Morgan fingerprint density at radius 2 is 1.92 bits per heavy atom. The van der Waals surface area contributed by atoms with Crippen molar-refractivity contribution >= 4 is 21.9 Å². The molecule has 26 heavy (non-hydrogen) atoms. The zero-order chi connectivity index (χ0) is 19.2. The molecule has 1 saturated heterocycles. The quantitative estimate of drug-likeness (QED) is 0.645. The van der Waals surface area contributed by atoms with Crippen molar-refractivity contribution in [2.45, 2.75) is 24.2 Å². The van der Waals surface area contributed by atoms with Gasteiger partial charge in [-0.15, -0.1) is 0 Å². The van der Waals surface area contributed by atoms with Gasteiger partial charge in [0, 0.05) is 39.3 Å². The lowest BCUT2D eigenvalue weighted by atomic mass is 9.97. The molecular weight excluding hydrogens is 360 g/mol. The maximum absolute atomic E-state index is 12.8. The highest BCUT2D eigenvalue weighted by Gasteiger charge is 2.33. The van der Waals surface area contributed by atoms with Crippen LogP contribution in [0.15, 0.2) is 29.2 Å². The van der Waals surface area contributed by atoms with Crippen LogP contribution in [0.2, 0.25) is 0 Å². The summed E-state index contributed by atoms with van der Waals surface area (Å²) in [5, 5.41) is 12.0. The number of carboxylic acids is 1. The molecule has 0 saturated carbocycles. The number of nitrogens with zero attached hydrogens (tertiary/aromatic N) is 1. The number of methoxy groups -OCH3 is 1. The molecule has 0 bridgehead atoms. The average molecular weight is 384 g/mol. The number of nitrogens with one attached hydrogen (secondary N) is 1. The van der Waals surface area contributed by atoms with Crippen molar-refractivity contribution in [3.63, 3.8) is 0 Å². The lowest BCUT2D eigenvalue weighted by Crippen LogP contribution is -2.43. The van der Waals surface area contributed by atoms with E-state index in [0.29, 0.717) is 26.0 Å². The van der Waals surface area contributed by atoms with E-state index in [2.05, 4.69) is 5.32 Å². The van der Waals surface area contributed by atoms with Crippen LogP contribution in [-0.4, -0.2) is 63.1 Å². The summed E-state index contributed by atoms with van der Waals surface area (Å²) in [6, 6.07) is 5.56. The van der Waals surface area contributed by atoms with E-state index in [1.165, 1.54) is 28.6 Å². The van der Waals surface area contributed by atoms with Gasteiger partial charge in [0.25, 0.3) is 0 Å². The number of carbonyl (C=O) groups excluding carboxylic acids is 1. The zero-order valence-electron chi connectivity index (χ0n) is 14.7. The Balaban J connectivity index is 1.99. The van der Waals surface area contributed by atoms with E-state index in [0.717, 1.165) is 6.42 Å². The molecule has 2 N–H and O–H groups in total. The molecule has 0 aliphatic carbocycles. The maximum Gasteiger partial charge on any atom is 0.337 e. The molecule has 0 spiro atoms. The minimum absolute atomic E-state index is 0.0795. The second-order valence-corrected chi connectivity index (χ2v) is 8.02. The van der Waals surface area contributed by atoms with Gasteiger partial charge < -0.3 is 15.2 Å². The summed E-state index contributed by atoms with van der Waals surface area (Å²) in [6.07, 6.45) is 1.54. The third kappa shape index (κ3) is 4.80. The van der Waals surface area contributed by atoms with Crippen LogP contribution in [0.25, 0.3) is 0 Å². The number of hydrogen-bond donors (Lipinski definition) is 2. The first-order valence-corrected chi connectivity index (χ1v) is 9.91. The zero-order valence-corrected chi connectivity index (χ0v) is 15.5. The van der Waals surface area contributed by atoms with E-state index in [1.54, 1.807) is 7.11 Å². The molecular formula is C17H24N2O6S. The van der Waals surface area contributed by atoms with Crippen LogP contribution in [0.5, 0.6) is 0 Å². The van der Waals surface area contributed by atoms with Crippen molar-refractivity contribution in [1.29, 1.82) is 0 Å². The first-order valence-electron chi connectivity index (χ1n) is 8.47.